The number of nitrogens with one attached hydrogen (secondary N) is 1. The Hall–Kier alpha value is -2.61. The molecule has 0 fully saturated rings. The van der Waals surface area contributed by atoms with Crippen LogP contribution in [0.4, 0.5) is 18.3 Å². The van der Waals surface area contributed by atoms with E-state index in [1.165, 1.54) is 0 Å². The predicted molar refractivity (Wildman–Crippen MR) is 89.8 cm³/mol. The molecule has 130 valence electrons. The van der Waals surface area contributed by atoms with Gasteiger partial charge in [-0.25, -0.2) is 4.98 Å². The lowest BCUT2D eigenvalue weighted by Gasteiger charge is -2.17. The fourth-order valence-electron chi connectivity index (χ4n) is 2.44. The molecule has 0 aliphatic heterocycles. The van der Waals surface area contributed by atoms with Crippen molar-refractivity contribution in [1.29, 1.82) is 0 Å². The van der Waals surface area contributed by atoms with Gasteiger partial charge in [0.1, 0.15) is 10.6 Å². The number of halogens is 3. The number of carbonyl (C=O) groups excluding carboxylic acids is 1. The SMILES string of the molecule is C[C@H](c1ccccc1)n1cccc1C(=O)Nc1ncc(C(F)(F)F)s1. The Morgan fingerprint density at radius 2 is 1.92 bits per heavy atom. The number of aromatic nitrogens is 2. The zero-order valence-corrected chi connectivity index (χ0v) is 13.9. The first-order chi connectivity index (χ1) is 11.9. The maximum absolute atomic E-state index is 12.6. The van der Waals surface area contributed by atoms with Crippen molar-refractivity contribution in [2.45, 2.75) is 19.1 Å². The van der Waals surface area contributed by atoms with Gasteiger partial charge in [0.25, 0.3) is 5.91 Å². The fourth-order valence-corrected chi connectivity index (χ4v) is 3.12. The third-order valence-corrected chi connectivity index (χ3v) is 4.67. The van der Waals surface area contributed by atoms with Crippen molar-refractivity contribution in [1.82, 2.24) is 9.55 Å². The average Bonchev–Trinajstić information content (AvgIpc) is 3.23. The van der Waals surface area contributed by atoms with Gasteiger partial charge in [0.05, 0.1) is 12.2 Å². The van der Waals surface area contributed by atoms with Crippen LogP contribution in [0, 0.1) is 0 Å². The number of benzene rings is 1. The second kappa shape index (κ2) is 6.72. The fraction of sp³-hybridized carbons (Fsp3) is 0.176. The van der Waals surface area contributed by atoms with Gasteiger partial charge in [-0.2, -0.15) is 13.2 Å². The third kappa shape index (κ3) is 3.74. The van der Waals surface area contributed by atoms with Gasteiger partial charge in [-0.05, 0) is 24.6 Å². The highest BCUT2D eigenvalue weighted by Crippen LogP contribution is 2.35. The van der Waals surface area contributed by atoms with Crippen LogP contribution in [0.15, 0.2) is 54.9 Å². The van der Waals surface area contributed by atoms with Crippen LogP contribution in [-0.4, -0.2) is 15.5 Å². The smallest absolute Gasteiger partial charge is 0.336 e. The lowest BCUT2D eigenvalue weighted by atomic mass is 10.1. The van der Waals surface area contributed by atoms with Gasteiger partial charge >= 0.3 is 6.18 Å². The van der Waals surface area contributed by atoms with Crippen LogP contribution in [0.5, 0.6) is 0 Å². The molecule has 1 amide bonds. The van der Waals surface area contributed by atoms with Crippen molar-refractivity contribution >= 4 is 22.4 Å². The molecule has 0 radical (unpaired) electrons. The Labute approximate surface area is 145 Å². The first kappa shape index (κ1) is 17.2. The number of alkyl halides is 3. The number of hydrogen-bond acceptors (Lipinski definition) is 3. The van der Waals surface area contributed by atoms with Gasteiger partial charge in [-0.15, -0.1) is 0 Å². The highest BCUT2D eigenvalue weighted by Gasteiger charge is 2.33. The Morgan fingerprint density at radius 3 is 2.56 bits per heavy atom. The lowest BCUT2D eigenvalue weighted by molar-refractivity contribution is -0.134. The van der Waals surface area contributed by atoms with E-state index in [9.17, 15) is 18.0 Å². The highest BCUT2D eigenvalue weighted by molar-refractivity contribution is 7.15. The summed E-state index contributed by atoms with van der Waals surface area (Å²) in [6.07, 6.45) is -2.00. The molecule has 2 aromatic heterocycles. The van der Waals surface area contributed by atoms with Gasteiger partial charge in [0.2, 0.25) is 0 Å². The highest BCUT2D eigenvalue weighted by atomic mass is 32.1. The van der Waals surface area contributed by atoms with E-state index in [1.54, 1.807) is 22.9 Å². The van der Waals surface area contributed by atoms with Crippen LogP contribution < -0.4 is 5.32 Å². The zero-order chi connectivity index (χ0) is 18.0. The summed E-state index contributed by atoms with van der Waals surface area (Å²) in [7, 11) is 0. The number of carbonyl (C=O) groups is 1. The number of hydrogen-bond donors (Lipinski definition) is 1. The molecule has 1 aromatic carbocycles. The van der Waals surface area contributed by atoms with E-state index in [2.05, 4.69) is 10.3 Å². The predicted octanol–water partition coefficient (Wildman–Crippen LogP) is 4.83. The molecule has 0 saturated heterocycles. The molecule has 3 rings (SSSR count). The minimum atomic E-state index is -4.47. The molecule has 8 heteroatoms. The summed E-state index contributed by atoms with van der Waals surface area (Å²) < 4.78 is 39.6. The van der Waals surface area contributed by atoms with E-state index in [-0.39, 0.29) is 11.2 Å². The average molecular weight is 365 g/mol. The van der Waals surface area contributed by atoms with Crippen LogP contribution in [0.25, 0.3) is 0 Å². The summed E-state index contributed by atoms with van der Waals surface area (Å²) in [6, 6.07) is 12.8. The normalized spacial score (nSPS) is 12.8. The minimum absolute atomic E-state index is 0.0857. The maximum Gasteiger partial charge on any atom is 0.427 e. The molecule has 4 nitrogen and oxygen atoms in total. The Morgan fingerprint density at radius 1 is 1.20 bits per heavy atom. The van der Waals surface area contributed by atoms with Crippen LogP contribution in [0.3, 0.4) is 0 Å². The van der Waals surface area contributed by atoms with Crippen LogP contribution in [0.1, 0.15) is 33.9 Å². The summed E-state index contributed by atoms with van der Waals surface area (Å²) in [4.78, 5) is 15.2. The van der Waals surface area contributed by atoms with Gasteiger partial charge in [0, 0.05) is 6.20 Å². The van der Waals surface area contributed by atoms with E-state index in [0.29, 0.717) is 23.2 Å². The van der Waals surface area contributed by atoms with E-state index < -0.39 is 17.0 Å². The van der Waals surface area contributed by atoms with Crippen molar-refractivity contribution in [2.75, 3.05) is 5.32 Å². The quantitative estimate of drug-likeness (QED) is 0.720. The van der Waals surface area contributed by atoms with Crippen LogP contribution >= 0.6 is 11.3 Å². The topological polar surface area (TPSA) is 46.9 Å². The molecule has 0 unspecified atom stereocenters. The first-order valence-electron chi connectivity index (χ1n) is 7.42. The Bertz CT molecular complexity index is 871. The van der Waals surface area contributed by atoms with Crippen molar-refractivity contribution in [3.05, 3.63) is 71.0 Å². The van der Waals surface area contributed by atoms with Gasteiger partial charge in [0.15, 0.2) is 5.13 Å². The van der Waals surface area contributed by atoms with Crippen molar-refractivity contribution in [3.63, 3.8) is 0 Å². The van der Waals surface area contributed by atoms with Crippen LogP contribution in [-0.2, 0) is 6.18 Å². The van der Waals surface area contributed by atoms with Crippen molar-refractivity contribution < 1.29 is 18.0 Å². The molecular formula is C17H14F3N3OS. The zero-order valence-electron chi connectivity index (χ0n) is 13.1. The molecule has 0 aliphatic carbocycles. The van der Waals surface area contributed by atoms with Crippen LogP contribution in [0.2, 0.25) is 0 Å². The molecule has 25 heavy (non-hydrogen) atoms. The van der Waals surface area contributed by atoms with E-state index in [1.807, 2.05) is 37.3 Å². The maximum atomic E-state index is 12.6. The summed E-state index contributed by atoms with van der Waals surface area (Å²) in [5.74, 6) is -0.504. The summed E-state index contributed by atoms with van der Waals surface area (Å²) in [6.45, 7) is 1.94. The Balaban J connectivity index is 1.80. The number of thiazole rings is 1. The number of rotatable bonds is 4. The third-order valence-electron chi connectivity index (χ3n) is 3.72. The number of nitrogens with zero attached hydrogens (tertiary/aromatic N) is 2. The summed E-state index contributed by atoms with van der Waals surface area (Å²) >= 11 is 0.399. The van der Waals surface area contributed by atoms with Gasteiger partial charge in [-0.1, -0.05) is 41.7 Å². The number of anilines is 1. The first-order valence-corrected chi connectivity index (χ1v) is 8.24. The summed E-state index contributed by atoms with van der Waals surface area (Å²) in [5, 5.41) is 2.35. The largest absolute Gasteiger partial charge is 0.427 e. The standard InChI is InChI=1S/C17H14F3N3OS/c1-11(12-6-3-2-4-7-12)23-9-5-8-13(23)15(24)22-16-21-10-14(25-16)17(18,19)20/h2-11H,1H3,(H,21,22,24)/t11-/m1/s1. The molecule has 3 aromatic rings. The minimum Gasteiger partial charge on any atom is -0.336 e. The lowest BCUT2D eigenvalue weighted by Crippen LogP contribution is -2.19. The van der Waals surface area contributed by atoms with Gasteiger partial charge < -0.3 is 4.57 Å². The second-order valence-electron chi connectivity index (χ2n) is 5.37. The van der Waals surface area contributed by atoms with E-state index in [0.717, 1.165) is 5.56 Å². The summed E-state index contributed by atoms with van der Waals surface area (Å²) in [5.41, 5.74) is 1.36. The molecule has 2 heterocycles. The molecule has 1 N–H and O–H groups in total. The van der Waals surface area contributed by atoms with Gasteiger partial charge in [-0.3, -0.25) is 10.1 Å². The van der Waals surface area contributed by atoms with E-state index >= 15 is 0 Å². The molecule has 1 atom stereocenters. The monoisotopic (exact) mass is 365 g/mol. The van der Waals surface area contributed by atoms with Crippen molar-refractivity contribution in [2.24, 2.45) is 0 Å². The molecule has 0 saturated carbocycles. The molecule has 0 spiro atoms. The Kier molecular flexibility index (Phi) is 4.63. The molecule has 0 aliphatic rings. The van der Waals surface area contributed by atoms with Crippen molar-refractivity contribution in [3.8, 4) is 0 Å². The molecule has 0 bridgehead atoms. The van der Waals surface area contributed by atoms with E-state index in [4.69, 9.17) is 0 Å². The number of amides is 1. The second-order valence-corrected chi connectivity index (χ2v) is 6.40. The molecular weight excluding hydrogens is 351 g/mol.